The average Bonchev–Trinajstić information content (AvgIpc) is 2.58. The van der Waals surface area contributed by atoms with Crippen LogP contribution in [0.1, 0.15) is 43.9 Å². The first-order valence-corrected chi connectivity index (χ1v) is 6.47. The number of rotatable bonds is 2. The molecule has 2 atom stereocenters. The lowest BCUT2D eigenvalue weighted by atomic mass is 10.1. The van der Waals surface area contributed by atoms with Crippen LogP contribution in [0.15, 0.2) is 17.7 Å². The SMILES string of the molecule is CC(C)=CC1C(C(=O)n2nc(C)cc2C)C1(C)C. The molecule has 1 saturated carbocycles. The summed E-state index contributed by atoms with van der Waals surface area (Å²) in [6, 6.07) is 1.95. The fourth-order valence-electron chi connectivity index (χ4n) is 2.80. The van der Waals surface area contributed by atoms with E-state index in [1.54, 1.807) is 4.68 Å². The molecule has 2 unspecified atom stereocenters. The normalized spacial score (nSPS) is 24.8. The Kier molecular flexibility index (Phi) is 2.96. The number of hydrogen-bond donors (Lipinski definition) is 0. The molecule has 98 valence electrons. The molecule has 0 radical (unpaired) electrons. The lowest BCUT2D eigenvalue weighted by Gasteiger charge is -2.03. The molecule has 1 heterocycles. The molecule has 1 fully saturated rings. The molecule has 0 bridgehead atoms. The maximum Gasteiger partial charge on any atom is 0.251 e. The van der Waals surface area contributed by atoms with Crippen molar-refractivity contribution in [1.82, 2.24) is 9.78 Å². The molecule has 0 spiro atoms. The van der Waals surface area contributed by atoms with E-state index in [1.165, 1.54) is 5.57 Å². The van der Waals surface area contributed by atoms with Crippen molar-refractivity contribution in [3.05, 3.63) is 29.1 Å². The molecule has 3 heteroatoms. The summed E-state index contributed by atoms with van der Waals surface area (Å²) in [5.74, 6) is 0.539. The van der Waals surface area contributed by atoms with Crippen molar-refractivity contribution in [2.45, 2.75) is 41.5 Å². The van der Waals surface area contributed by atoms with E-state index < -0.39 is 0 Å². The number of hydrogen-bond acceptors (Lipinski definition) is 2. The Morgan fingerprint density at radius 1 is 1.39 bits per heavy atom. The topological polar surface area (TPSA) is 34.9 Å². The van der Waals surface area contributed by atoms with Crippen LogP contribution in [0.25, 0.3) is 0 Å². The van der Waals surface area contributed by atoms with E-state index in [0.717, 1.165) is 11.4 Å². The van der Waals surface area contributed by atoms with Crippen LogP contribution in [0, 0.1) is 31.1 Å². The first-order chi connectivity index (χ1) is 8.25. The van der Waals surface area contributed by atoms with Crippen molar-refractivity contribution in [3.8, 4) is 0 Å². The molecule has 1 aromatic heterocycles. The Labute approximate surface area is 109 Å². The lowest BCUT2D eigenvalue weighted by molar-refractivity contribution is 0.0849. The largest absolute Gasteiger partial charge is 0.272 e. The summed E-state index contributed by atoms with van der Waals surface area (Å²) in [5, 5.41) is 4.30. The van der Waals surface area contributed by atoms with Gasteiger partial charge in [-0.05, 0) is 45.1 Å². The van der Waals surface area contributed by atoms with E-state index in [9.17, 15) is 4.79 Å². The van der Waals surface area contributed by atoms with Crippen molar-refractivity contribution in [2.24, 2.45) is 17.3 Å². The first-order valence-electron chi connectivity index (χ1n) is 6.47. The molecule has 18 heavy (non-hydrogen) atoms. The van der Waals surface area contributed by atoms with Gasteiger partial charge < -0.3 is 0 Å². The Hall–Kier alpha value is -1.38. The van der Waals surface area contributed by atoms with Gasteiger partial charge in [0.2, 0.25) is 0 Å². The summed E-state index contributed by atoms with van der Waals surface area (Å²) in [4.78, 5) is 12.5. The van der Waals surface area contributed by atoms with E-state index in [0.29, 0.717) is 5.92 Å². The van der Waals surface area contributed by atoms with Crippen molar-refractivity contribution in [2.75, 3.05) is 0 Å². The standard InChI is InChI=1S/C15H22N2O/c1-9(2)7-12-13(15(12,5)6)14(18)17-11(4)8-10(3)16-17/h7-8,12-13H,1-6H3. The quantitative estimate of drug-likeness (QED) is 0.750. The van der Waals surface area contributed by atoms with E-state index in [2.05, 4.69) is 38.9 Å². The summed E-state index contributed by atoms with van der Waals surface area (Å²) in [6.07, 6.45) is 2.22. The lowest BCUT2D eigenvalue weighted by Crippen LogP contribution is -2.18. The fourth-order valence-corrected chi connectivity index (χ4v) is 2.80. The maximum atomic E-state index is 12.5. The van der Waals surface area contributed by atoms with E-state index in [1.807, 2.05) is 19.9 Å². The molecule has 0 saturated heterocycles. The second-order valence-electron chi connectivity index (χ2n) is 6.25. The summed E-state index contributed by atoms with van der Waals surface area (Å²) in [6.45, 7) is 12.3. The number of nitrogens with zero attached hydrogens (tertiary/aromatic N) is 2. The van der Waals surface area contributed by atoms with Crippen LogP contribution >= 0.6 is 0 Å². The zero-order valence-electron chi connectivity index (χ0n) is 12.1. The maximum absolute atomic E-state index is 12.5. The van der Waals surface area contributed by atoms with Crippen molar-refractivity contribution in [3.63, 3.8) is 0 Å². The molecule has 2 rings (SSSR count). The molecule has 0 aromatic carbocycles. The van der Waals surface area contributed by atoms with E-state index in [-0.39, 0.29) is 17.2 Å². The van der Waals surface area contributed by atoms with Crippen molar-refractivity contribution in [1.29, 1.82) is 0 Å². The molecule has 1 aliphatic carbocycles. The van der Waals surface area contributed by atoms with Gasteiger partial charge in [0, 0.05) is 5.69 Å². The van der Waals surface area contributed by atoms with Gasteiger partial charge in [0.25, 0.3) is 5.91 Å². The van der Waals surface area contributed by atoms with Gasteiger partial charge in [-0.15, -0.1) is 0 Å². The Morgan fingerprint density at radius 3 is 2.44 bits per heavy atom. The van der Waals surface area contributed by atoms with Crippen LogP contribution in [-0.2, 0) is 0 Å². The second kappa shape index (κ2) is 4.08. The van der Waals surface area contributed by atoms with Crippen molar-refractivity contribution >= 4 is 5.91 Å². The minimum absolute atomic E-state index is 0.0562. The highest BCUT2D eigenvalue weighted by Gasteiger charge is 2.61. The highest BCUT2D eigenvalue weighted by atomic mass is 16.2. The summed E-state index contributed by atoms with van der Waals surface area (Å²) >= 11 is 0. The molecule has 1 aromatic rings. The van der Waals surface area contributed by atoms with E-state index >= 15 is 0 Å². The van der Waals surface area contributed by atoms with Crippen LogP contribution in [0.4, 0.5) is 0 Å². The third-order valence-corrected chi connectivity index (χ3v) is 3.91. The Balaban J connectivity index is 2.27. The van der Waals surface area contributed by atoms with Crippen molar-refractivity contribution < 1.29 is 4.79 Å². The van der Waals surface area contributed by atoms with Gasteiger partial charge in [-0.2, -0.15) is 5.10 Å². The van der Waals surface area contributed by atoms with Crippen LogP contribution in [0.3, 0.4) is 0 Å². The Morgan fingerprint density at radius 2 is 2.00 bits per heavy atom. The summed E-state index contributed by atoms with van der Waals surface area (Å²) in [5.41, 5.74) is 3.16. The molecular formula is C15H22N2O. The van der Waals surface area contributed by atoms with Gasteiger partial charge in [-0.25, -0.2) is 4.68 Å². The van der Waals surface area contributed by atoms with Gasteiger partial charge in [0.15, 0.2) is 0 Å². The fraction of sp³-hybridized carbons (Fsp3) is 0.600. The van der Waals surface area contributed by atoms with Gasteiger partial charge in [0.05, 0.1) is 11.6 Å². The number of aromatic nitrogens is 2. The predicted octanol–water partition coefficient (Wildman–Crippen LogP) is 3.38. The number of aryl methyl sites for hydroxylation is 2. The van der Waals surface area contributed by atoms with Crippen LogP contribution in [-0.4, -0.2) is 15.7 Å². The molecule has 0 aliphatic heterocycles. The van der Waals surface area contributed by atoms with E-state index in [4.69, 9.17) is 0 Å². The van der Waals surface area contributed by atoms with Gasteiger partial charge in [-0.1, -0.05) is 25.5 Å². The highest BCUT2D eigenvalue weighted by molar-refractivity contribution is 5.85. The number of carbonyl (C=O) groups is 1. The van der Waals surface area contributed by atoms with Crippen LogP contribution in [0.5, 0.6) is 0 Å². The smallest absolute Gasteiger partial charge is 0.251 e. The van der Waals surface area contributed by atoms with Gasteiger partial charge >= 0.3 is 0 Å². The summed E-state index contributed by atoms with van der Waals surface area (Å²) in [7, 11) is 0. The van der Waals surface area contributed by atoms with Crippen LogP contribution in [0.2, 0.25) is 0 Å². The monoisotopic (exact) mass is 246 g/mol. The second-order valence-corrected chi connectivity index (χ2v) is 6.25. The third-order valence-electron chi connectivity index (χ3n) is 3.91. The third kappa shape index (κ3) is 2.02. The predicted molar refractivity (Wildman–Crippen MR) is 72.5 cm³/mol. The zero-order chi connectivity index (χ0) is 13.7. The molecule has 1 aliphatic rings. The van der Waals surface area contributed by atoms with Crippen LogP contribution < -0.4 is 0 Å². The average molecular weight is 246 g/mol. The number of carbonyl (C=O) groups excluding carboxylic acids is 1. The molecular weight excluding hydrogens is 224 g/mol. The highest BCUT2D eigenvalue weighted by Crippen LogP contribution is 2.59. The molecule has 0 N–H and O–H groups in total. The minimum Gasteiger partial charge on any atom is -0.272 e. The molecule has 3 nitrogen and oxygen atoms in total. The first kappa shape index (κ1) is 13.1. The Bertz CT molecular complexity index is 519. The molecule has 0 amide bonds. The van der Waals surface area contributed by atoms with Gasteiger partial charge in [0.1, 0.15) is 0 Å². The number of allylic oxidation sites excluding steroid dienone is 2. The summed E-state index contributed by atoms with van der Waals surface area (Å²) < 4.78 is 1.57. The minimum atomic E-state index is 0.0562. The zero-order valence-corrected chi connectivity index (χ0v) is 12.1. The van der Waals surface area contributed by atoms with Gasteiger partial charge in [-0.3, -0.25) is 4.79 Å².